The first-order chi connectivity index (χ1) is 16.6. The van der Waals surface area contributed by atoms with Gasteiger partial charge in [0.25, 0.3) is 0 Å². The fourth-order valence-electron chi connectivity index (χ4n) is 3.90. The standard InChI is InChI=1S/C26H36FN3O4S/c1-5-16-28-26(32)24(6-2)29(19-21-10-7-9-20(3)18-21)25(31)11-8-17-30(35(4,33)34)23-14-12-22(27)13-15-23/h7,9-10,12-15,18,24H,5-6,8,11,16-17,19H2,1-4H3,(H,28,32). The van der Waals surface area contributed by atoms with E-state index in [2.05, 4.69) is 5.32 Å². The number of nitrogens with zero attached hydrogens (tertiary/aromatic N) is 2. The number of rotatable bonds is 13. The molecule has 1 atom stereocenters. The maximum absolute atomic E-state index is 13.4. The van der Waals surface area contributed by atoms with Crippen molar-refractivity contribution in [3.63, 3.8) is 0 Å². The van der Waals surface area contributed by atoms with Gasteiger partial charge in [0.15, 0.2) is 0 Å². The Labute approximate surface area is 208 Å². The van der Waals surface area contributed by atoms with Crippen molar-refractivity contribution in [3.05, 3.63) is 65.5 Å². The average Bonchev–Trinajstić information content (AvgIpc) is 2.80. The molecule has 1 N–H and O–H groups in total. The van der Waals surface area contributed by atoms with E-state index >= 15 is 0 Å². The van der Waals surface area contributed by atoms with Gasteiger partial charge in [0, 0.05) is 26.1 Å². The highest BCUT2D eigenvalue weighted by molar-refractivity contribution is 7.92. The third-order valence-electron chi connectivity index (χ3n) is 5.64. The molecule has 0 bridgehead atoms. The highest BCUT2D eigenvalue weighted by atomic mass is 32.2. The Kier molecular flexibility index (Phi) is 10.7. The molecule has 2 amide bonds. The van der Waals surface area contributed by atoms with Crippen molar-refractivity contribution in [2.24, 2.45) is 0 Å². The topological polar surface area (TPSA) is 86.8 Å². The van der Waals surface area contributed by atoms with Gasteiger partial charge in [-0.05, 0) is 56.0 Å². The molecule has 0 heterocycles. The van der Waals surface area contributed by atoms with Crippen molar-refractivity contribution in [3.8, 4) is 0 Å². The second-order valence-electron chi connectivity index (χ2n) is 8.64. The fraction of sp³-hybridized carbons (Fsp3) is 0.462. The summed E-state index contributed by atoms with van der Waals surface area (Å²) in [4.78, 5) is 27.8. The van der Waals surface area contributed by atoms with Crippen LogP contribution >= 0.6 is 0 Å². The molecule has 192 valence electrons. The van der Waals surface area contributed by atoms with Crippen LogP contribution in [-0.4, -0.2) is 50.5 Å². The van der Waals surface area contributed by atoms with Crippen LogP contribution in [0.1, 0.15) is 50.7 Å². The number of anilines is 1. The number of carbonyl (C=O) groups excluding carboxylic acids is 2. The number of hydrogen-bond donors (Lipinski definition) is 1. The van der Waals surface area contributed by atoms with Crippen molar-refractivity contribution in [1.82, 2.24) is 10.2 Å². The summed E-state index contributed by atoms with van der Waals surface area (Å²) < 4.78 is 39.1. The van der Waals surface area contributed by atoms with E-state index in [0.717, 1.165) is 28.1 Å². The van der Waals surface area contributed by atoms with Crippen molar-refractivity contribution < 1.29 is 22.4 Å². The van der Waals surface area contributed by atoms with Crippen molar-refractivity contribution in [1.29, 1.82) is 0 Å². The molecule has 1 unspecified atom stereocenters. The van der Waals surface area contributed by atoms with Crippen LogP contribution in [0.2, 0.25) is 0 Å². The summed E-state index contributed by atoms with van der Waals surface area (Å²) in [5.74, 6) is -0.881. The third-order valence-corrected chi connectivity index (χ3v) is 6.83. The molecule has 0 aliphatic rings. The molecule has 2 aromatic rings. The zero-order valence-electron chi connectivity index (χ0n) is 21.0. The first-order valence-electron chi connectivity index (χ1n) is 11.9. The van der Waals surface area contributed by atoms with Gasteiger partial charge in [-0.25, -0.2) is 12.8 Å². The molecule has 9 heteroatoms. The number of aryl methyl sites for hydroxylation is 1. The van der Waals surface area contributed by atoms with Crippen LogP contribution in [-0.2, 0) is 26.2 Å². The first kappa shape index (κ1) is 28.3. The minimum absolute atomic E-state index is 0.0628. The molecule has 2 rings (SSSR count). The normalized spacial score (nSPS) is 12.1. The Balaban J connectivity index is 2.19. The maximum atomic E-state index is 13.4. The number of sulfonamides is 1. The molecule has 0 radical (unpaired) electrons. The lowest BCUT2D eigenvalue weighted by Gasteiger charge is -2.31. The SMILES string of the molecule is CCCNC(=O)C(CC)N(Cc1cccc(C)c1)C(=O)CCCN(c1ccc(F)cc1)S(C)(=O)=O. The number of nitrogens with one attached hydrogen (secondary N) is 1. The second kappa shape index (κ2) is 13.2. The first-order valence-corrected chi connectivity index (χ1v) is 13.8. The van der Waals surface area contributed by atoms with Crippen LogP contribution in [0.15, 0.2) is 48.5 Å². The monoisotopic (exact) mass is 505 g/mol. The van der Waals surface area contributed by atoms with E-state index in [1.165, 1.54) is 24.3 Å². The third kappa shape index (κ3) is 8.65. The van der Waals surface area contributed by atoms with E-state index < -0.39 is 21.9 Å². The number of carbonyl (C=O) groups is 2. The van der Waals surface area contributed by atoms with E-state index in [1.807, 2.05) is 45.0 Å². The van der Waals surface area contributed by atoms with Crippen molar-refractivity contribution in [2.75, 3.05) is 23.7 Å². The Morgan fingerprint density at radius 2 is 1.77 bits per heavy atom. The summed E-state index contributed by atoms with van der Waals surface area (Å²) in [7, 11) is -3.63. The van der Waals surface area contributed by atoms with Crippen LogP contribution in [0.3, 0.4) is 0 Å². The van der Waals surface area contributed by atoms with Crippen LogP contribution in [0, 0.1) is 12.7 Å². The predicted molar refractivity (Wildman–Crippen MR) is 137 cm³/mol. The Bertz CT molecular complexity index is 1090. The van der Waals surface area contributed by atoms with Gasteiger partial charge in [-0.15, -0.1) is 0 Å². The lowest BCUT2D eigenvalue weighted by molar-refractivity contribution is -0.141. The molecule has 0 saturated heterocycles. The zero-order valence-corrected chi connectivity index (χ0v) is 21.8. The molecule has 0 aliphatic carbocycles. The minimum atomic E-state index is -3.63. The molecule has 0 spiro atoms. The highest BCUT2D eigenvalue weighted by Gasteiger charge is 2.28. The van der Waals surface area contributed by atoms with Gasteiger partial charge in [-0.2, -0.15) is 0 Å². The van der Waals surface area contributed by atoms with E-state index in [-0.39, 0.29) is 37.7 Å². The molecule has 0 aliphatic heterocycles. The maximum Gasteiger partial charge on any atom is 0.242 e. The van der Waals surface area contributed by atoms with Gasteiger partial charge in [-0.1, -0.05) is 43.7 Å². The second-order valence-corrected chi connectivity index (χ2v) is 10.5. The molecule has 2 aromatic carbocycles. The minimum Gasteiger partial charge on any atom is -0.354 e. The van der Waals surface area contributed by atoms with Crippen LogP contribution in [0.5, 0.6) is 0 Å². The predicted octanol–water partition coefficient (Wildman–Crippen LogP) is 4.01. The van der Waals surface area contributed by atoms with Crippen LogP contribution in [0.4, 0.5) is 10.1 Å². The average molecular weight is 506 g/mol. The number of halogens is 1. The number of amides is 2. The van der Waals surface area contributed by atoms with Crippen molar-refractivity contribution >= 4 is 27.5 Å². The van der Waals surface area contributed by atoms with Crippen LogP contribution in [0.25, 0.3) is 0 Å². The van der Waals surface area contributed by atoms with Gasteiger partial charge < -0.3 is 10.2 Å². The van der Waals surface area contributed by atoms with Gasteiger partial charge >= 0.3 is 0 Å². The number of hydrogen-bond acceptors (Lipinski definition) is 4. The Morgan fingerprint density at radius 3 is 2.34 bits per heavy atom. The van der Waals surface area contributed by atoms with Gasteiger partial charge in [0.2, 0.25) is 21.8 Å². The largest absolute Gasteiger partial charge is 0.354 e. The summed E-state index contributed by atoms with van der Waals surface area (Å²) in [5, 5.41) is 2.89. The molecule has 7 nitrogen and oxygen atoms in total. The summed E-state index contributed by atoms with van der Waals surface area (Å²) in [5.41, 5.74) is 2.31. The highest BCUT2D eigenvalue weighted by Crippen LogP contribution is 2.20. The fourth-order valence-corrected chi connectivity index (χ4v) is 4.87. The molecular formula is C26H36FN3O4S. The zero-order chi connectivity index (χ0) is 26.0. The molecule has 0 aromatic heterocycles. The van der Waals surface area contributed by atoms with Gasteiger partial charge in [0.1, 0.15) is 11.9 Å². The quantitative estimate of drug-likeness (QED) is 0.446. The van der Waals surface area contributed by atoms with Gasteiger partial charge in [-0.3, -0.25) is 13.9 Å². The van der Waals surface area contributed by atoms with Gasteiger partial charge in [0.05, 0.1) is 11.9 Å². The number of benzene rings is 2. The molecule has 0 fully saturated rings. The van der Waals surface area contributed by atoms with E-state index in [9.17, 15) is 22.4 Å². The molecular weight excluding hydrogens is 469 g/mol. The smallest absolute Gasteiger partial charge is 0.242 e. The lowest BCUT2D eigenvalue weighted by atomic mass is 10.1. The summed E-state index contributed by atoms with van der Waals surface area (Å²) >= 11 is 0. The molecule has 35 heavy (non-hydrogen) atoms. The Hall–Kier alpha value is -2.94. The molecule has 0 saturated carbocycles. The Morgan fingerprint density at radius 1 is 1.09 bits per heavy atom. The van der Waals surface area contributed by atoms with Crippen LogP contribution < -0.4 is 9.62 Å². The van der Waals surface area contributed by atoms with E-state index in [0.29, 0.717) is 18.7 Å². The lowest BCUT2D eigenvalue weighted by Crippen LogP contribution is -2.49. The van der Waals surface area contributed by atoms with Crippen molar-refractivity contribution in [2.45, 2.75) is 59.0 Å². The van der Waals surface area contributed by atoms with E-state index in [1.54, 1.807) is 4.90 Å². The summed E-state index contributed by atoms with van der Waals surface area (Å²) in [6.45, 7) is 6.68. The summed E-state index contributed by atoms with van der Waals surface area (Å²) in [6, 6.07) is 12.3. The summed E-state index contributed by atoms with van der Waals surface area (Å²) in [6.07, 6.45) is 2.64. The van der Waals surface area contributed by atoms with E-state index in [4.69, 9.17) is 0 Å².